The fraction of sp³-hybridized carbons (Fsp3) is 0.294. The van der Waals surface area contributed by atoms with Crippen molar-refractivity contribution in [2.75, 3.05) is 0 Å². The molecule has 0 bridgehead atoms. The molecule has 0 saturated carbocycles. The average Bonchev–Trinajstić information content (AvgIpc) is 2.53. The standard InChI is InChI=1S/C17H19FN2O3/c1-11-3-5-14(8-17(11)20(22)23)12(2)19-9-13-4-6-16(18)15(7-13)10-21/h3-8,12,19,21H,9-10H2,1-2H3. The highest BCUT2D eigenvalue weighted by molar-refractivity contribution is 5.43. The molecule has 2 aromatic carbocycles. The minimum absolute atomic E-state index is 0.0977. The molecule has 2 N–H and O–H groups in total. The molecule has 1 unspecified atom stereocenters. The van der Waals surface area contributed by atoms with Crippen molar-refractivity contribution in [2.24, 2.45) is 0 Å². The summed E-state index contributed by atoms with van der Waals surface area (Å²) in [6.07, 6.45) is 0. The van der Waals surface area contributed by atoms with Crippen molar-refractivity contribution >= 4 is 5.69 Å². The van der Waals surface area contributed by atoms with Crippen LogP contribution in [0.2, 0.25) is 0 Å². The third-order valence-electron chi connectivity index (χ3n) is 3.82. The molecule has 1 atom stereocenters. The van der Waals surface area contributed by atoms with Gasteiger partial charge in [-0.15, -0.1) is 0 Å². The quantitative estimate of drug-likeness (QED) is 0.632. The van der Waals surface area contributed by atoms with Crippen molar-refractivity contribution in [1.82, 2.24) is 5.32 Å². The Bertz CT molecular complexity index is 719. The Balaban J connectivity index is 2.09. The second kappa shape index (κ2) is 7.30. The van der Waals surface area contributed by atoms with Gasteiger partial charge in [-0.1, -0.05) is 18.2 Å². The Labute approximate surface area is 133 Å². The summed E-state index contributed by atoms with van der Waals surface area (Å²) in [6.45, 7) is 3.73. The van der Waals surface area contributed by atoms with Gasteiger partial charge in [0.05, 0.1) is 11.5 Å². The van der Waals surface area contributed by atoms with E-state index >= 15 is 0 Å². The van der Waals surface area contributed by atoms with E-state index in [0.29, 0.717) is 12.1 Å². The van der Waals surface area contributed by atoms with Gasteiger partial charge >= 0.3 is 0 Å². The lowest BCUT2D eigenvalue weighted by Crippen LogP contribution is -2.18. The Kier molecular flexibility index (Phi) is 5.41. The van der Waals surface area contributed by atoms with E-state index in [4.69, 9.17) is 5.11 Å². The highest BCUT2D eigenvalue weighted by atomic mass is 19.1. The van der Waals surface area contributed by atoms with E-state index in [1.54, 1.807) is 31.2 Å². The molecule has 2 rings (SSSR count). The Hall–Kier alpha value is -2.31. The molecule has 0 spiro atoms. The molecule has 0 aliphatic rings. The van der Waals surface area contributed by atoms with Crippen molar-refractivity contribution in [3.8, 4) is 0 Å². The highest BCUT2D eigenvalue weighted by Crippen LogP contribution is 2.23. The van der Waals surface area contributed by atoms with Crippen molar-refractivity contribution in [3.63, 3.8) is 0 Å². The largest absolute Gasteiger partial charge is 0.392 e. The van der Waals surface area contributed by atoms with Crippen LogP contribution in [-0.2, 0) is 13.2 Å². The van der Waals surface area contributed by atoms with Crippen LogP contribution in [0.1, 0.15) is 35.2 Å². The van der Waals surface area contributed by atoms with Crippen LogP contribution < -0.4 is 5.32 Å². The maximum Gasteiger partial charge on any atom is 0.272 e. The molecule has 0 amide bonds. The summed E-state index contributed by atoms with van der Waals surface area (Å²) in [5.74, 6) is -0.432. The van der Waals surface area contributed by atoms with Gasteiger partial charge in [0, 0.05) is 29.8 Å². The molecule has 0 saturated heterocycles. The van der Waals surface area contributed by atoms with Gasteiger partial charge in [-0.05, 0) is 37.1 Å². The Morgan fingerprint density at radius 1 is 1.30 bits per heavy atom. The second-order valence-corrected chi connectivity index (χ2v) is 5.49. The molecule has 0 aliphatic carbocycles. The minimum Gasteiger partial charge on any atom is -0.392 e. The zero-order valence-electron chi connectivity index (χ0n) is 13.0. The molecule has 0 radical (unpaired) electrons. The van der Waals surface area contributed by atoms with Crippen LogP contribution in [-0.4, -0.2) is 10.0 Å². The normalized spacial score (nSPS) is 12.2. The molecule has 0 fully saturated rings. The van der Waals surface area contributed by atoms with Gasteiger partial charge in [0.15, 0.2) is 0 Å². The number of nitrogens with one attached hydrogen (secondary N) is 1. The third kappa shape index (κ3) is 4.12. The Morgan fingerprint density at radius 3 is 2.70 bits per heavy atom. The smallest absolute Gasteiger partial charge is 0.272 e. The van der Waals surface area contributed by atoms with E-state index in [9.17, 15) is 14.5 Å². The molecular weight excluding hydrogens is 299 g/mol. The third-order valence-corrected chi connectivity index (χ3v) is 3.82. The van der Waals surface area contributed by atoms with Crippen LogP contribution in [0.15, 0.2) is 36.4 Å². The number of halogens is 1. The van der Waals surface area contributed by atoms with E-state index in [0.717, 1.165) is 11.1 Å². The monoisotopic (exact) mass is 318 g/mol. The van der Waals surface area contributed by atoms with Gasteiger partial charge in [0.25, 0.3) is 5.69 Å². The van der Waals surface area contributed by atoms with Crippen molar-refractivity contribution < 1.29 is 14.4 Å². The van der Waals surface area contributed by atoms with E-state index in [2.05, 4.69) is 5.32 Å². The van der Waals surface area contributed by atoms with Gasteiger partial charge < -0.3 is 10.4 Å². The van der Waals surface area contributed by atoms with Gasteiger partial charge in [-0.3, -0.25) is 10.1 Å². The number of benzene rings is 2. The summed E-state index contributed by atoms with van der Waals surface area (Å²) in [6, 6.07) is 9.62. The number of nitro groups is 1. The molecule has 0 aromatic heterocycles. The average molecular weight is 318 g/mol. The molecule has 23 heavy (non-hydrogen) atoms. The first-order chi connectivity index (χ1) is 10.9. The van der Waals surface area contributed by atoms with Crippen LogP contribution in [0.3, 0.4) is 0 Å². The first kappa shape index (κ1) is 17.1. The Morgan fingerprint density at radius 2 is 2.04 bits per heavy atom. The van der Waals surface area contributed by atoms with E-state index in [1.165, 1.54) is 6.07 Å². The minimum atomic E-state index is -0.432. The van der Waals surface area contributed by atoms with Crippen molar-refractivity contribution in [3.05, 3.63) is 74.6 Å². The van der Waals surface area contributed by atoms with E-state index in [-0.39, 0.29) is 28.8 Å². The number of hydrogen-bond donors (Lipinski definition) is 2. The van der Waals surface area contributed by atoms with Crippen LogP contribution in [0.25, 0.3) is 0 Å². The van der Waals surface area contributed by atoms with Crippen LogP contribution in [0.5, 0.6) is 0 Å². The first-order valence-electron chi connectivity index (χ1n) is 7.29. The molecule has 6 heteroatoms. The summed E-state index contributed by atoms with van der Waals surface area (Å²) in [5.41, 5.74) is 2.62. The summed E-state index contributed by atoms with van der Waals surface area (Å²) >= 11 is 0. The number of aliphatic hydroxyl groups excluding tert-OH is 1. The number of hydrogen-bond acceptors (Lipinski definition) is 4. The predicted molar refractivity (Wildman–Crippen MR) is 85.4 cm³/mol. The first-order valence-corrected chi connectivity index (χ1v) is 7.29. The summed E-state index contributed by atoms with van der Waals surface area (Å²) in [4.78, 5) is 10.6. The molecule has 122 valence electrons. The molecule has 2 aromatic rings. The topological polar surface area (TPSA) is 75.4 Å². The van der Waals surface area contributed by atoms with Gasteiger partial charge in [-0.25, -0.2) is 4.39 Å². The van der Waals surface area contributed by atoms with Crippen LogP contribution in [0.4, 0.5) is 10.1 Å². The summed E-state index contributed by atoms with van der Waals surface area (Å²) in [5, 5.41) is 23.3. The summed E-state index contributed by atoms with van der Waals surface area (Å²) in [7, 11) is 0. The van der Waals surface area contributed by atoms with Crippen LogP contribution in [0, 0.1) is 22.9 Å². The number of rotatable bonds is 6. The fourth-order valence-corrected chi connectivity index (χ4v) is 2.34. The maximum absolute atomic E-state index is 13.3. The second-order valence-electron chi connectivity index (χ2n) is 5.49. The number of aryl methyl sites for hydroxylation is 1. The van der Waals surface area contributed by atoms with Crippen molar-refractivity contribution in [1.29, 1.82) is 0 Å². The van der Waals surface area contributed by atoms with Crippen molar-refractivity contribution in [2.45, 2.75) is 33.0 Å². The van der Waals surface area contributed by atoms with Gasteiger partial charge in [0.1, 0.15) is 5.82 Å². The molecule has 0 heterocycles. The predicted octanol–water partition coefficient (Wildman–Crippen LogP) is 3.39. The summed E-state index contributed by atoms with van der Waals surface area (Å²) < 4.78 is 13.3. The zero-order chi connectivity index (χ0) is 17.0. The number of nitrogens with zero attached hydrogens (tertiary/aromatic N) is 1. The zero-order valence-corrected chi connectivity index (χ0v) is 13.0. The lowest BCUT2D eigenvalue weighted by molar-refractivity contribution is -0.385. The van der Waals surface area contributed by atoms with E-state index in [1.807, 2.05) is 13.0 Å². The fourth-order valence-electron chi connectivity index (χ4n) is 2.34. The molecular formula is C17H19FN2O3. The van der Waals surface area contributed by atoms with Gasteiger partial charge in [-0.2, -0.15) is 0 Å². The number of nitro benzene ring substituents is 1. The lowest BCUT2D eigenvalue weighted by atomic mass is 10.0. The highest BCUT2D eigenvalue weighted by Gasteiger charge is 2.14. The number of aliphatic hydroxyl groups is 1. The van der Waals surface area contributed by atoms with E-state index < -0.39 is 5.82 Å². The molecule has 5 nitrogen and oxygen atoms in total. The maximum atomic E-state index is 13.3. The SMILES string of the molecule is Cc1ccc(C(C)NCc2ccc(F)c(CO)c2)cc1[N+](=O)[O-]. The van der Waals surface area contributed by atoms with Crippen LogP contribution >= 0.6 is 0 Å². The molecule has 0 aliphatic heterocycles. The lowest BCUT2D eigenvalue weighted by Gasteiger charge is -2.15. The van der Waals surface area contributed by atoms with Gasteiger partial charge in [0.2, 0.25) is 0 Å².